The van der Waals surface area contributed by atoms with Gasteiger partial charge in [-0.1, -0.05) is 0 Å². The lowest BCUT2D eigenvalue weighted by Gasteiger charge is -2.51. The van der Waals surface area contributed by atoms with E-state index in [2.05, 4.69) is 0 Å². The maximum atomic E-state index is 13.4. The van der Waals surface area contributed by atoms with Gasteiger partial charge in [0.15, 0.2) is 86.2 Å². The molecule has 0 radical (unpaired) electrons. The van der Waals surface area contributed by atoms with Crippen molar-refractivity contribution < 1.29 is 162 Å². The van der Waals surface area contributed by atoms with Crippen molar-refractivity contribution in [2.45, 2.75) is 213 Å². The number of hydrogen-bond donors (Lipinski definition) is 1. The van der Waals surface area contributed by atoms with E-state index >= 15 is 0 Å². The lowest BCUT2D eigenvalue weighted by atomic mass is 9.94. The fourth-order valence-electron chi connectivity index (χ4n) is 9.05. The first-order valence-corrected chi connectivity index (χ1v) is 25.6. The number of aliphatic hydroxyl groups excluding tert-OH is 1. The van der Waals surface area contributed by atoms with Gasteiger partial charge in [-0.2, -0.15) is 0 Å². The van der Waals surface area contributed by atoms with Gasteiger partial charge in [0, 0.05) is 90.0 Å². The van der Waals surface area contributed by atoms with Crippen molar-refractivity contribution in [3.8, 4) is 0 Å². The molecule has 0 amide bonds. The minimum atomic E-state index is -2.31. The molecule has 4 aliphatic heterocycles. The highest BCUT2D eigenvalue weighted by atomic mass is 16.8. The highest BCUT2D eigenvalue weighted by Crippen LogP contribution is 2.40. The van der Waals surface area contributed by atoms with Gasteiger partial charge in [0.1, 0.15) is 63.1 Å². The van der Waals surface area contributed by atoms with Crippen molar-refractivity contribution in [2.24, 2.45) is 0 Å². The first-order valence-electron chi connectivity index (χ1n) is 25.6. The zero-order valence-corrected chi connectivity index (χ0v) is 47.8. The molecular weight excluding hydrogens is 1140 g/mol. The van der Waals surface area contributed by atoms with E-state index in [0.29, 0.717) is 0 Å². The summed E-state index contributed by atoms with van der Waals surface area (Å²) in [5, 5.41) is 11.6. The quantitative estimate of drug-likeness (QED) is 0.0828. The molecule has 0 bridgehead atoms. The average molecular weight is 1210 g/mol. The maximum Gasteiger partial charge on any atom is 0.303 e. The Labute approximate surface area is 478 Å². The molecule has 0 aromatic rings. The van der Waals surface area contributed by atoms with Gasteiger partial charge in [0.2, 0.25) is 0 Å². The van der Waals surface area contributed by atoms with E-state index in [4.69, 9.17) is 94.7 Å². The Morgan fingerprint density at radius 2 is 0.440 bits per heavy atom. The van der Waals surface area contributed by atoms with E-state index in [1.54, 1.807) is 0 Å². The van der Waals surface area contributed by atoms with Gasteiger partial charge in [-0.05, 0) is 0 Å². The van der Waals surface area contributed by atoms with Crippen molar-refractivity contribution in [3.05, 3.63) is 0 Å². The summed E-state index contributed by atoms with van der Waals surface area (Å²) in [4.78, 5) is 165. The summed E-state index contributed by atoms with van der Waals surface area (Å²) in [5.74, 6) is -13.5. The second-order valence-corrected chi connectivity index (χ2v) is 18.9. The molecule has 472 valence electrons. The fourth-order valence-corrected chi connectivity index (χ4v) is 9.05. The van der Waals surface area contributed by atoms with Crippen LogP contribution in [0.25, 0.3) is 0 Å². The van der Waals surface area contributed by atoms with Crippen LogP contribution < -0.4 is 0 Å². The normalized spacial score (nSPS) is 32.7. The van der Waals surface area contributed by atoms with E-state index in [9.17, 15) is 67.4 Å². The Kier molecular flexibility index (Phi) is 26.1. The number of carbonyl (C=O) groups is 13. The molecule has 0 aliphatic carbocycles. The summed E-state index contributed by atoms with van der Waals surface area (Å²) in [6.07, 6.45) is -39.9. The SMILES string of the molecule is CC(=O)OC[C@H]1O[C@H](O[C@@H]2[C@H](OC(C)=O)[C@@H](O[C@@H]3[C@H](OC(C)=O)[C@@H](O[C@H]4[C@@H](OC(C)=O)[C@H](OC(C)=O)[C@@H](COC(C)=O)O[C@@H]4O)O[C@H](COC(C)=O)[C@H]3OC(C)=O)O[C@H](COC(C)=O)[C@H]2OC(C)=O)[C@@H](OC(C)=O)[C@@H](OC(C)=O)[C@@H]1OC(C)=O. The van der Waals surface area contributed by atoms with E-state index in [1.807, 2.05) is 0 Å². The van der Waals surface area contributed by atoms with Gasteiger partial charge in [-0.25, -0.2) is 0 Å². The predicted octanol–water partition coefficient (Wildman–Crippen LogP) is -2.33. The van der Waals surface area contributed by atoms with Crippen molar-refractivity contribution >= 4 is 77.6 Å². The monoisotopic (exact) mass is 1210 g/mol. The van der Waals surface area contributed by atoms with Gasteiger partial charge >= 0.3 is 77.6 Å². The van der Waals surface area contributed by atoms with Gasteiger partial charge < -0.3 is 99.8 Å². The van der Waals surface area contributed by atoms with E-state index in [1.165, 1.54) is 0 Å². The van der Waals surface area contributed by atoms with Crippen molar-refractivity contribution in [1.82, 2.24) is 0 Å². The van der Waals surface area contributed by atoms with Crippen molar-refractivity contribution in [1.29, 1.82) is 0 Å². The van der Waals surface area contributed by atoms with Gasteiger partial charge in [0.25, 0.3) is 0 Å². The Bertz CT molecular complexity index is 2410. The van der Waals surface area contributed by atoms with Gasteiger partial charge in [-0.15, -0.1) is 0 Å². The molecule has 20 atom stereocenters. The van der Waals surface area contributed by atoms with Gasteiger partial charge in [0.05, 0.1) is 0 Å². The number of hydrogen-bond acceptors (Lipinski definition) is 34. The highest BCUT2D eigenvalue weighted by molar-refractivity contribution is 5.71. The molecule has 0 aromatic carbocycles. The lowest BCUT2D eigenvalue weighted by molar-refractivity contribution is -0.392. The zero-order valence-electron chi connectivity index (χ0n) is 47.8. The summed E-state index contributed by atoms with van der Waals surface area (Å²) in [5.41, 5.74) is 0. The van der Waals surface area contributed by atoms with Crippen LogP contribution in [0.2, 0.25) is 0 Å². The summed E-state index contributed by atoms with van der Waals surface area (Å²) >= 11 is 0. The molecule has 84 heavy (non-hydrogen) atoms. The summed E-state index contributed by atoms with van der Waals surface area (Å²) < 4.78 is 115. The molecule has 4 rings (SSSR count). The molecule has 34 heteroatoms. The Balaban J connectivity index is 2.04. The smallest absolute Gasteiger partial charge is 0.303 e. The van der Waals surface area contributed by atoms with E-state index < -0.39 is 227 Å². The fraction of sp³-hybridized carbons (Fsp3) is 0.740. The molecule has 4 saturated heterocycles. The van der Waals surface area contributed by atoms with Crippen molar-refractivity contribution in [2.75, 3.05) is 26.4 Å². The van der Waals surface area contributed by atoms with Crippen molar-refractivity contribution in [3.63, 3.8) is 0 Å². The van der Waals surface area contributed by atoms with E-state index in [-0.39, 0.29) is 0 Å². The van der Waals surface area contributed by atoms with Crippen LogP contribution in [0, 0.1) is 0 Å². The Morgan fingerprint density at radius 1 is 0.250 bits per heavy atom. The third kappa shape index (κ3) is 20.5. The number of ether oxygens (including phenoxy) is 20. The number of esters is 13. The average Bonchev–Trinajstić information content (AvgIpc) is 2.82. The number of carbonyl (C=O) groups excluding carboxylic acids is 13. The minimum absolute atomic E-state index is 0.699. The minimum Gasteiger partial charge on any atom is -0.463 e. The second-order valence-electron chi connectivity index (χ2n) is 18.9. The van der Waals surface area contributed by atoms with Crippen LogP contribution in [0.15, 0.2) is 0 Å². The van der Waals surface area contributed by atoms with E-state index in [0.717, 1.165) is 90.0 Å². The number of rotatable bonds is 23. The molecular formula is C50H68O34. The summed E-state index contributed by atoms with van der Waals surface area (Å²) in [6.45, 7) is 8.92. The van der Waals surface area contributed by atoms with Crippen LogP contribution in [0.3, 0.4) is 0 Å². The van der Waals surface area contributed by atoms with Crippen LogP contribution in [0.5, 0.6) is 0 Å². The Hall–Kier alpha value is -7.21. The van der Waals surface area contributed by atoms with Gasteiger partial charge in [-0.3, -0.25) is 62.3 Å². The van der Waals surface area contributed by atoms with Crippen LogP contribution >= 0.6 is 0 Å². The Morgan fingerprint density at radius 3 is 0.690 bits per heavy atom. The molecule has 4 heterocycles. The molecule has 0 unspecified atom stereocenters. The summed E-state index contributed by atoms with van der Waals surface area (Å²) in [7, 11) is 0. The highest BCUT2D eigenvalue weighted by Gasteiger charge is 2.62. The maximum absolute atomic E-state index is 13.4. The molecule has 0 aromatic heterocycles. The van der Waals surface area contributed by atoms with Crippen LogP contribution in [-0.4, -0.2) is 232 Å². The third-order valence-electron chi connectivity index (χ3n) is 11.8. The molecule has 0 saturated carbocycles. The molecule has 4 fully saturated rings. The largest absolute Gasteiger partial charge is 0.463 e. The topological polar surface area (TPSA) is 427 Å². The summed E-state index contributed by atoms with van der Waals surface area (Å²) in [6, 6.07) is 0. The molecule has 34 nitrogen and oxygen atoms in total. The second kappa shape index (κ2) is 31.6. The van der Waals surface area contributed by atoms with Crippen LogP contribution in [-0.2, 0) is 157 Å². The standard InChI is InChI=1S/C50H68O34/c1-18(51)65-14-31-35(69-22(5)55)39(73-26(9)59)43(47(64)78-31)84-50-46(77-30(13)63)42(38(72-25(8)58)34(81-50)17-68-21(4)54)83-49-45(76-29(12)62)41(37(71-24(7)57)33(80-49)16-67-20(3)53)82-48-44(75-28(11)61)40(74-27(10)60)36(70-23(6)56)32(79-48)15-66-19(2)52/h31-50,64H,14-17H2,1-13H3/t31-,32-,33-,34-,35-,36-,37-,38-,39+,40+,41+,42+,43+,44+,45+,46+,47+,48-,49-,50-/m1/s1. The first-order chi connectivity index (χ1) is 39.3. The molecule has 0 spiro atoms. The molecule has 4 aliphatic rings. The third-order valence-corrected chi connectivity index (χ3v) is 11.8. The number of aliphatic hydroxyl groups is 1. The van der Waals surface area contributed by atoms with Crippen LogP contribution in [0.4, 0.5) is 0 Å². The van der Waals surface area contributed by atoms with Crippen LogP contribution in [0.1, 0.15) is 90.0 Å². The first kappa shape index (κ1) is 69.3. The zero-order chi connectivity index (χ0) is 63.0. The molecule has 1 N–H and O–H groups in total. The lowest BCUT2D eigenvalue weighted by Crippen LogP contribution is -2.69. The predicted molar refractivity (Wildman–Crippen MR) is 258 cm³/mol.